The minimum absolute atomic E-state index is 0.260. The van der Waals surface area contributed by atoms with E-state index < -0.39 is 5.54 Å². The quantitative estimate of drug-likeness (QED) is 0.910. The first-order chi connectivity index (χ1) is 9.69. The van der Waals surface area contributed by atoms with Crippen molar-refractivity contribution < 1.29 is 4.39 Å². The highest BCUT2D eigenvalue weighted by Crippen LogP contribution is 2.33. The Hall–Kier alpha value is -1.81. The highest BCUT2D eigenvalue weighted by molar-refractivity contribution is 5.62. The summed E-state index contributed by atoms with van der Waals surface area (Å²) in [6.45, 7) is 0. The molecule has 3 nitrogen and oxygen atoms in total. The highest BCUT2D eigenvalue weighted by atomic mass is 19.1. The lowest BCUT2D eigenvalue weighted by Gasteiger charge is -2.31. The highest BCUT2D eigenvalue weighted by Gasteiger charge is 2.32. The van der Waals surface area contributed by atoms with Gasteiger partial charge in [-0.1, -0.05) is 37.5 Å². The maximum atomic E-state index is 13.7. The summed E-state index contributed by atoms with van der Waals surface area (Å²) in [5.74, 6) is 0.418. The lowest BCUT2D eigenvalue weighted by molar-refractivity contribution is 0.287. The van der Waals surface area contributed by atoms with Gasteiger partial charge in [0.25, 0.3) is 0 Å². The Labute approximate surface area is 118 Å². The number of nitrogens with two attached hydrogens (primary N) is 1. The third-order valence-corrected chi connectivity index (χ3v) is 4.03. The molecule has 2 N–H and O–H groups in total. The molecule has 0 saturated heterocycles. The van der Waals surface area contributed by atoms with Crippen molar-refractivity contribution in [2.45, 2.75) is 37.6 Å². The van der Waals surface area contributed by atoms with E-state index in [1.54, 1.807) is 30.6 Å². The van der Waals surface area contributed by atoms with Crippen molar-refractivity contribution in [1.29, 1.82) is 0 Å². The third kappa shape index (κ3) is 2.43. The average molecular weight is 271 g/mol. The van der Waals surface area contributed by atoms with E-state index in [0.717, 1.165) is 25.7 Å². The van der Waals surface area contributed by atoms with Crippen LogP contribution in [-0.2, 0) is 5.54 Å². The van der Waals surface area contributed by atoms with E-state index >= 15 is 0 Å². The van der Waals surface area contributed by atoms with Crippen LogP contribution in [0, 0.1) is 5.82 Å². The van der Waals surface area contributed by atoms with Gasteiger partial charge in [0.2, 0.25) is 0 Å². The summed E-state index contributed by atoms with van der Waals surface area (Å²) in [5, 5.41) is 0. The van der Waals surface area contributed by atoms with Crippen molar-refractivity contribution in [3.8, 4) is 11.1 Å². The molecule has 1 aliphatic rings. The van der Waals surface area contributed by atoms with E-state index in [2.05, 4.69) is 9.97 Å². The molecule has 0 aliphatic heterocycles. The van der Waals surface area contributed by atoms with Gasteiger partial charge in [-0.15, -0.1) is 0 Å². The first kappa shape index (κ1) is 13.2. The molecule has 4 heteroatoms. The summed E-state index contributed by atoms with van der Waals surface area (Å²) in [6, 6.07) is 6.64. The van der Waals surface area contributed by atoms with Crippen LogP contribution in [0.4, 0.5) is 4.39 Å². The third-order valence-electron chi connectivity index (χ3n) is 4.03. The molecule has 0 atom stereocenters. The Kier molecular flexibility index (Phi) is 3.49. The van der Waals surface area contributed by atoms with Gasteiger partial charge in [-0.05, 0) is 18.9 Å². The average Bonchev–Trinajstić information content (AvgIpc) is 2.49. The second-order valence-corrected chi connectivity index (χ2v) is 5.49. The first-order valence-corrected chi connectivity index (χ1v) is 7.05. The van der Waals surface area contributed by atoms with Gasteiger partial charge >= 0.3 is 0 Å². The Morgan fingerprint density at radius 3 is 2.30 bits per heavy atom. The number of rotatable bonds is 2. The zero-order valence-electron chi connectivity index (χ0n) is 11.3. The molecule has 104 valence electrons. The molecule has 1 aromatic heterocycles. The maximum absolute atomic E-state index is 13.7. The number of aromatic nitrogens is 2. The fraction of sp³-hybridized carbons (Fsp3) is 0.375. The maximum Gasteiger partial charge on any atom is 0.148 e. The molecule has 0 amide bonds. The van der Waals surface area contributed by atoms with Crippen molar-refractivity contribution in [3.63, 3.8) is 0 Å². The Morgan fingerprint density at radius 2 is 1.65 bits per heavy atom. The van der Waals surface area contributed by atoms with E-state index in [1.165, 1.54) is 12.5 Å². The van der Waals surface area contributed by atoms with Crippen molar-refractivity contribution >= 4 is 0 Å². The topological polar surface area (TPSA) is 51.8 Å². The van der Waals surface area contributed by atoms with Gasteiger partial charge in [0.15, 0.2) is 0 Å². The number of hydrogen-bond donors (Lipinski definition) is 1. The van der Waals surface area contributed by atoms with Gasteiger partial charge in [-0.25, -0.2) is 14.4 Å². The largest absolute Gasteiger partial charge is 0.319 e. The molecular weight excluding hydrogens is 253 g/mol. The monoisotopic (exact) mass is 271 g/mol. The summed E-state index contributed by atoms with van der Waals surface area (Å²) in [5.41, 5.74) is 7.20. The van der Waals surface area contributed by atoms with Crippen LogP contribution in [0.1, 0.15) is 37.9 Å². The predicted octanol–water partition coefficient (Wildman–Crippen LogP) is 3.40. The molecule has 0 radical (unpaired) electrons. The normalized spacial score (nSPS) is 17.9. The summed E-state index contributed by atoms with van der Waals surface area (Å²) >= 11 is 0. The van der Waals surface area contributed by atoms with Gasteiger partial charge in [0.1, 0.15) is 11.6 Å². The van der Waals surface area contributed by atoms with Gasteiger partial charge in [0.05, 0.1) is 5.54 Å². The van der Waals surface area contributed by atoms with Gasteiger partial charge < -0.3 is 5.73 Å². The number of benzene rings is 1. The molecule has 0 unspecified atom stereocenters. The van der Waals surface area contributed by atoms with Crippen LogP contribution in [0.3, 0.4) is 0 Å². The minimum atomic E-state index is -0.411. The number of hydrogen-bond acceptors (Lipinski definition) is 3. The molecule has 0 bridgehead atoms. The minimum Gasteiger partial charge on any atom is -0.319 e. The molecular formula is C16H18FN3. The van der Waals surface area contributed by atoms with Gasteiger partial charge in [-0.3, -0.25) is 0 Å². The molecule has 3 rings (SSSR count). The van der Waals surface area contributed by atoms with Gasteiger partial charge in [0, 0.05) is 23.5 Å². The lowest BCUT2D eigenvalue weighted by atomic mass is 9.82. The van der Waals surface area contributed by atoms with Gasteiger partial charge in [-0.2, -0.15) is 0 Å². The zero-order valence-corrected chi connectivity index (χ0v) is 11.3. The Balaban J connectivity index is 1.90. The SMILES string of the molecule is NC1(c2ncc(-c3ccccc3F)cn2)CCCCC1. The van der Waals surface area contributed by atoms with Crippen LogP contribution in [0.2, 0.25) is 0 Å². The second-order valence-electron chi connectivity index (χ2n) is 5.49. The molecule has 1 saturated carbocycles. The fourth-order valence-corrected chi connectivity index (χ4v) is 2.83. The van der Waals surface area contributed by atoms with Crippen molar-refractivity contribution in [2.75, 3.05) is 0 Å². The summed E-state index contributed by atoms with van der Waals surface area (Å²) in [6.07, 6.45) is 8.65. The van der Waals surface area contributed by atoms with E-state index in [9.17, 15) is 4.39 Å². The van der Waals surface area contributed by atoms with Crippen molar-refractivity contribution in [1.82, 2.24) is 9.97 Å². The summed E-state index contributed by atoms with van der Waals surface area (Å²) in [7, 11) is 0. The molecule has 1 aromatic carbocycles. The molecule has 0 spiro atoms. The van der Waals surface area contributed by atoms with E-state index in [1.807, 2.05) is 0 Å². The molecule has 1 fully saturated rings. The standard InChI is InChI=1S/C16H18FN3/c17-14-7-3-2-6-13(14)12-10-19-15(20-11-12)16(18)8-4-1-5-9-16/h2-3,6-7,10-11H,1,4-5,8-9,18H2. The Bertz CT molecular complexity index is 589. The van der Waals surface area contributed by atoms with E-state index in [0.29, 0.717) is 17.0 Å². The summed E-state index contributed by atoms with van der Waals surface area (Å²) in [4.78, 5) is 8.78. The van der Waals surface area contributed by atoms with E-state index in [4.69, 9.17) is 5.73 Å². The molecule has 2 aromatic rings. The Morgan fingerprint density at radius 1 is 1.00 bits per heavy atom. The van der Waals surface area contributed by atoms with Crippen LogP contribution in [0.15, 0.2) is 36.7 Å². The smallest absolute Gasteiger partial charge is 0.148 e. The van der Waals surface area contributed by atoms with Crippen molar-refractivity contribution in [2.24, 2.45) is 5.73 Å². The van der Waals surface area contributed by atoms with Crippen LogP contribution in [0.5, 0.6) is 0 Å². The second kappa shape index (κ2) is 5.29. The van der Waals surface area contributed by atoms with Crippen LogP contribution in [0.25, 0.3) is 11.1 Å². The molecule has 20 heavy (non-hydrogen) atoms. The number of halogens is 1. The lowest BCUT2D eigenvalue weighted by Crippen LogP contribution is -2.40. The predicted molar refractivity (Wildman–Crippen MR) is 76.4 cm³/mol. The molecule has 1 heterocycles. The molecule has 1 aliphatic carbocycles. The first-order valence-electron chi connectivity index (χ1n) is 7.05. The summed E-state index contributed by atoms with van der Waals surface area (Å²) < 4.78 is 13.7. The number of nitrogens with zero attached hydrogens (tertiary/aromatic N) is 2. The van der Waals surface area contributed by atoms with Crippen LogP contribution >= 0.6 is 0 Å². The zero-order chi connectivity index (χ0) is 14.0. The van der Waals surface area contributed by atoms with Crippen LogP contribution in [-0.4, -0.2) is 9.97 Å². The van der Waals surface area contributed by atoms with Crippen molar-refractivity contribution in [3.05, 3.63) is 48.3 Å². The fourth-order valence-electron chi connectivity index (χ4n) is 2.83. The van der Waals surface area contributed by atoms with E-state index in [-0.39, 0.29) is 5.82 Å². The van der Waals surface area contributed by atoms with Crippen LogP contribution < -0.4 is 5.73 Å².